The molecule has 8 nitrogen and oxygen atoms in total. The molecule has 3 aliphatic rings. The highest BCUT2D eigenvalue weighted by atomic mass is 16.6. The molecular weight excluding hydrogens is 420 g/mol. The van der Waals surface area contributed by atoms with Crippen molar-refractivity contribution in [3.05, 3.63) is 47.2 Å². The lowest BCUT2D eigenvalue weighted by molar-refractivity contribution is -0.127. The number of hydrogen-bond acceptors (Lipinski definition) is 6. The Morgan fingerprint density at radius 1 is 1.18 bits per heavy atom. The summed E-state index contributed by atoms with van der Waals surface area (Å²) in [4.78, 5) is 39.8. The zero-order chi connectivity index (χ0) is 23.8. The van der Waals surface area contributed by atoms with E-state index in [2.05, 4.69) is 39.9 Å². The number of amides is 2. The van der Waals surface area contributed by atoms with Crippen molar-refractivity contribution in [1.29, 1.82) is 0 Å². The van der Waals surface area contributed by atoms with Crippen LogP contribution in [0.2, 0.25) is 0 Å². The van der Waals surface area contributed by atoms with Gasteiger partial charge in [0.2, 0.25) is 5.91 Å². The first-order chi connectivity index (χ1) is 15.6. The van der Waals surface area contributed by atoms with Crippen LogP contribution in [-0.2, 0) is 14.3 Å². The van der Waals surface area contributed by atoms with Crippen LogP contribution in [0.3, 0.4) is 0 Å². The van der Waals surface area contributed by atoms with Crippen LogP contribution in [-0.4, -0.2) is 60.0 Å². The number of likely N-dealkylation sites (tertiary alicyclic amines) is 1. The first-order valence-corrected chi connectivity index (χ1v) is 11.7. The van der Waals surface area contributed by atoms with E-state index in [0.717, 1.165) is 24.2 Å². The number of benzene rings is 1. The molecule has 178 valence electrons. The molecule has 0 radical (unpaired) electrons. The second-order valence-electron chi connectivity index (χ2n) is 10.1. The highest BCUT2D eigenvalue weighted by molar-refractivity contribution is 6.02. The average Bonchev–Trinajstić information content (AvgIpc) is 3.35. The lowest BCUT2D eigenvalue weighted by Crippen LogP contribution is -2.53. The quantitative estimate of drug-likeness (QED) is 0.571. The molecule has 2 heterocycles. The molecule has 3 N–H and O–H groups in total. The number of nitrogens with zero attached hydrogens (tertiary/aromatic N) is 1. The third-order valence-corrected chi connectivity index (χ3v) is 6.58. The molecule has 1 aromatic carbocycles. The van der Waals surface area contributed by atoms with Gasteiger partial charge in [0.15, 0.2) is 5.78 Å². The largest absolute Gasteiger partial charge is 0.444 e. The number of rotatable bonds is 6. The zero-order valence-corrected chi connectivity index (χ0v) is 19.8. The van der Waals surface area contributed by atoms with Crippen LogP contribution in [0.5, 0.6) is 0 Å². The summed E-state index contributed by atoms with van der Waals surface area (Å²) in [5, 5.41) is 8.82. The number of fused-ring (bicyclic) bond motifs is 4. The second kappa shape index (κ2) is 9.17. The van der Waals surface area contributed by atoms with Crippen molar-refractivity contribution in [3.63, 3.8) is 0 Å². The van der Waals surface area contributed by atoms with Gasteiger partial charge in [-0.25, -0.2) is 4.79 Å². The van der Waals surface area contributed by atoms with E-state index < -0.39 is 17.7 Å². The molecule has 2 amide bonds. The highest BCUT2D eigenvalue weighted by Crippen LogP contribution is 2.46. The molecule has 1 aliphatic carbocycles. The molecule has 1 saturated heterocycles. The van der Waals surface area contributed by atoms with Crippen LogP contribution in [0, 0.1) is 5.92 Å². The van der Waals surface area contributed by atoms with Crippen molar-refractivity contribution in [2.24, 2.45) is 5.92 Å². The van der Waals surface area contributed by atoms with Crippen LogP contribution in [0.1, 0.15) is 52.1 Å². The van der Waals surface area contributed by atoms with Crippen LogP contribution in [0.15, 0.2) is 41.6 Å². The van der Waals surface area contributed by atoms with Crippen molar-refractivity contribution >= 4 is 17.8 Å². The molecule has 2 bridgehead atoms. The first-order valence-electron chi connectivity index (χ1n) is 11.7. The molecule has 8 heteroatoms. The van der Waals surface area contributed by atoms with Gasteiger partial charge in [0.25, 0.3) is 0 Å². The number of ketones is 1. The van der Waals surface area contributed by atoms with E-state index in [0.29, 0.717) is 0 Å². The Morgan fingerprint density at radius 3 is 2.58 bits per heavy atom. The van der Waals surface area contributed by atoms with Gasteiger partial charge < -0.3 is 20.7 Å². The number of carbonyl (C=O) groups excluding carboxylic acids is 3. The maximum absolute atomic E-state index is 12.9. The summed E-state index contributed by atoms with van der Waals surface area (Å²) in [5.41, 5.74) is 2.50. The summed E-state index contributed by atoms with van der Waals surface area (Å²) >= 11 is 0. The highest BCUT2D eigenvalue weighted by Gasteiger charge is 2.51. The maximum Gasteiger partial charge on any atom is 0.407 e. The van der Waals surface area contributed by atoms with E-state index in [-0.39, 0.29) is 49.2 Å². The fourth-order valence-electron chi connectivity index (χ4n) is 5.14. The standard InChI is InChI=1S/C25H34N4O4/c1-15(16-8-6-5-7-9-16)29-14-17-12-19(29)22-21(17)20(30)13-18(28-22)23(31)26-10-11-27-24(32)33-25(2,3)4/h5-9,15,17-19,28H,10-14H2,1-4H3,(H,26,31)(H,27,32)/t15-,17+,18+,19+/m0/s1. The van der Waals surface area contributed by atoms with Gasteiger partial charge in [-0.15, -0.1) is 0 Å². The predicted molar refractivity (Wildman–Crippen MR) is 124 cm³/mol. The Hall–Kier alpha value is -2.87. The molecule has 4 rings (SSSR count). The van der Waals surface area contributed by atoms with Gasteiger partial charge in [0, 0.05) is 49.3 Å². The SMILES string of the molecule is C[C@@H](c1ccccc1)N1C[C@H]2C[C@@H]1C1=C2C(=O)C[C@H](C(=O)NCCNC(=O)OC(C)(C)C)N1. The topological polar surface area (TPSA) is 99.8 Å². The summed E-state index contributed by atoms with van der Waals surface area (Å²) < 4.78 is 5.18. The summed E-state index contributed by atoms with van der Waals surface area (Å²) in [6, 6.07) is 10.1. The molecule has 4 atom stereocenters. The molecule has 0 aromatic heterocycles. The van der Waals surface area contributed by atoms with E-state index in [1.165, 1.54) is 5.56 Å². The van der Waals surface area contributed by atoms with E-state index >= 15 is 0 Å². The Morgan fingerprint density at radius 2 is 1.88 bits per heavy atom. The molecule has 0 saturated carbocycles. The summed E-state index contributed by atoms with van der Waals surface area (Å²) in [5.74, 6) is 0.0832. The molecule has 1 fully saturated rings. The minimum atomic E-state index is -0.592. The Balaban J connectivity index is 1.33. The number of nitrogens with one attached hydrogen (secondary N) is 3. The van der Waals surface area contributed by atoms with Gasteiger partial charge in [0.05, 0.1) is 6.04 Å². The van der Waals surface area contributed by atoms with Gasteiger partial charge in [0.1, 0.15) is 11.6 Å². The predicted octanol–water partition coefficient (Wildman–Crippen LogP) is 2.28. The molecule has 33 heavy (non-hydrogen) atoms. The lowest BCUT2D eigenvalue weighted by Gasteiger charge is -2.38. The van der Waals surface area contributed by atoms with Crippen molar-refractivity contribution in [1.82, 2.24) is 20.9 Å². The molecule has 2 aliphatic heterocycles. The molecular formula is C25H34N4O4. The number of ether oxygens (including phenoxy) is 1. The number of alkyl carbamates (subject to hydrolysis) is 1. The van der Waals surface area contributed by atoms with E-state index in [9.17, 15) is 14.4 Å². The Kier molecular flexibility index (Phi) is 6.47. The molecule has 0 spiro atoms. The van der Waals surface area contributed by atoms with Crippen molar-refractivity contribution in [3.8, 4) is 0 Å². The van der Waals surface area contributed by atoms with Gasteiger partial charge >= 0.3 is 6.09 Å². The lowest BCUT2D eigenvalue weighted by atomic mass is 9.89. The van der Waals surface area contributed by atoms with Gasteiger partial charge in [-0.2, -0.15) is 0 Å². The van der Waals surface area contributed by atoms with Crippen LogP contribution in [0.25, 0.3) is 0 Å². The van der Waals surface area contributed by atoms with E-state index in [1.54, 1.807) is 20.8 Å². The summed E-state index contributed by atoms with van der Waals surface area (Å²) in [6.07, 6.45) is 0.572. The summed E-state index contributed by atoms with van der Waals surface area (Å²) in [6.45, 7) is 8.96. The van der Waals surface area contributed by atoms with Crippen molar-refractivity contribution in [2.45, 2.75) is 64.3 Å². The Bertz CT molecular complexity index is 953. The third-order valence-electron chi connectivity index (χ3n) is 6.58. The van der Waals surface area contributed by atoms with Gasteiger partial charge in [-0.1, -0.05) is 30.3 Å². The van der Waals surface area contributed by atoms with Gasteiger partial charge in [-0.05, 0) is 39.7 Å². The minimum Gasteiger partial charge on any atom is -0.444 e. The fraction of sp³-hybridized carbons (Fsp3) is 0.560. The number of carbonyl (C=O) groups is 3. The monoisotopic (exact) mass is 454 g/mol. The fourth-order valence-corrected chi connectivity index (χ4v) is 5.14. The van der Waals surface area contributed by atoms with Crippen LogP contribution >= 0.6 is 0 Å². The zero-order valence-electron chi connectivity index (χ0n) is 19.8. The molecule has 0 unspecified atom stereocenters. The smallest absolute Gasteiger partial charge is 0.407 e. The van der Waals surface area contributed by atoms with Crippen LogP contribution in [0.4, 0.5) is 4.79 Å². The average molecular weight is 455 g/mol. The first kappa shape index (κ1) is 23.3. The third kappa shape index (κ3) is 5.05. The van der Waals surface area contributed by atoms with E-state index in [1.807, 2.05) is 18.2 Å². The number of Topliss-reactive ketones (excluding diaryl/α,β-unsaturated/α-hetero) is 1. The second-order valence-corrected chi connectivity index (χ2v) is 10.1. The molecule has 1 aromatic rings. The number of hydrogen-bond donors (Lipinski definition) is 3. The Labute approximate surface area is 195 Å². The summed E-state index contributed by atoms with van der Waals surface area (Å²) in [7, 11) is 0. The van der Waals surface area contributed by atoms with Crippen LogP contribution < -0.4 is 16.0 Å². The van der Waals surface area contributed by atoms with E-state index in [4.69, 9.17) is 4.74 Å². The minimum absolute atomic E-state index is 0.0790. The van der Waals surface area contributed by atoms with Crippen molar-refractivity contribution < 1.29 is 19.1 Å². The normalized spacial score (nSPS) is 25.3. The van der Waals surface area contributed by atoms with Crippen molar-refractivity contribution in [2.75, 3.05) is 19.6 Å². The van der Waals surface area contributed by atoms with Gasteiger partial charge in [-0.3, -0.25) is 14.5 Å². The maximum atomic E-state index is 12.9.